The van der Waals surface area contributed by atoms with Crippen molar-refractivity contribution in [3.8, 4) is 5.75 Å². The number of nitrogens with zero attached hydrogens (tertiary/aromatic N) is 1. The standard InChI is InChI=1S/C14H21N3O3/c1-19-12-4-2-3-11(7-12)16-14(18)10-17-5-6-20-13(8-15)9-17/h2-4,7,13H,5-6,8-10,15H2,1H3,(H,16,18). The highest BCUT2D eigenvalue weighted by Gasteiger charge is 2.20. The average Bonchev–Trinajstić information content (AvgIpc) is 2.47. The largest absolute Gasteiger partial charge is 0.497 e. The first-order valence-corrected chi connectivity index (χ1v) is 6.69. The minimum absolute atomic E-state index is 0.0216. The molecule has 2 rings (SSSR count). The molecule has 0 radical (unpaired) electrons. The van der Waals surface area contributed by atoms with Crippen LogP contribution in [0.2, 0.25) is 0 Å². The SMILES string of the molecule is COc1cccc(NC(=O)CN2CCOC(CN)C2)c1. The number of anilines is 1. The molecule has 1 amide bonds. The van der Waals surface area contributed by atoms with E-state index < -0.39 is 0 Å². The molecule has 0 spiro atoms. The number of amides is 1. The van der Waals surface area contributed by atoms with Gasteiger partial charge in [0.2, 0.25) is 5.91 Å². The average molecular weight is 279 g/mol. The topological polar surface area (TPSA) is 76.8 Å². The first-order chi connectivity index (χ1) is 9.71. The second-order valence-electron chi connectivity index (χ2n) is 4.74. The van der Waals surface area contributed by atoms with Crippen LogP contribution in [-0.2, 0) is 9.53 Å². The third-order valence-electron chi connectivity index (χ3n) is 3.21. The van der Waals surface area contributed by atoms with E-state index in [1.807, 2.05) is 18.2 Å². The predicted molar refractivity (Wildman–Crippen MR) is 76.9 cm³/mol. The molecule has 1 aromatic carbocycles. The van der Waals surface area contributed by atoms with E-state index in [1.165, 1.54) is 0 Å². The Morgan fingerprint density at radius 2 is 2.45 bits per heavy atom. The molecule has 0 aliphatic carbocycles. The van der Waals surface area contributed by atoms with E-state index in [2.05, 4.69) is 10.2 Å². The highest BCUT2D eigenvalue weighted by atomic mass is 16.5. The molecule has 20 heavy (non-hydrogen) atoms. The van der Waals surface area contributed by atoms with Gasteiger partial charge in [-0.25, -0.2) is 0 Å². The van der Waals surface area contributed by atoms with Crippen LogP contribution in [0.15, 0.2) is 24.3 Å². The van der Waals surface area contributed by atoms with E-state index in [-0.39, 0.29) is 12.0 Å². The number of hydrogen-bond donors (Lipinski definition) is 2. The smallest absolute Gasteiger partial charge is 0.238 e. The molecule has 110 valence electrons. The van der Waals surface area contributed by atoms with Crippen LogP contribution in [0.25, 0.3) is 0 Å². The van der Waals surface area contributed by atoms with Crippen molar-refractivity contribution in [2.45, 2.75) is 6.10 Å². The summed E-state index contributed by atoms with van der Waals surface area (Å²) in [6.07, 6.45) is 0.0216. The molecule has 0 saturated carbocycles. The minimum Gasteiger partial charge on any atom is -0.497 e. The highest BCUT2D eigenvalue weighted by Crippen LogP contribution is 2.16. The fourth-order valence-electron chi connectivity index (χ4n) is 2.17. The highest BCUT2D eigenvalue weighted by molar-refractivity contribution is 5.92. The number of hydrogen-bond acceptors (Lipinski definition) is 5. The quantitative estimate of drug-likeness (QED) is 0.810. The summed E-state index contributed by atoms with van der Waals surface area (Å²) in [5, 5.41) is 2.86. The summed E-state index contributed by atoms with van der Waals surface area (Å²) in [5.74, 6) is 0.674. The monoisotopic (exact) mass is 279 g/mol. The Morgan fingerprint density at radius 1 is 1.60 bits per heavy atom. The first-order valence-electron chi connectivity index (χ1n) is 6.69. The third kappa shape index (κ3) is 4.19. The minimum atomic E-state index is -0.0454. The molecule has 1 fully saturated rings. The predicted octanol–water partition coefficient (Wildman–Crippen LogP) is 0.293. The maximum atomic E-state index is 12.0. The summed E-state index contributed by atoms with van der Waals surface area (Å²) in [7, 11) is 1.60. The van der Waals surface area contributed by atoms with Gasteiger partial charge in [-0.2, -0.15) is 0 Å². The summed E-state index contributed by atoms with van der Waals surface area (Å²) in [6, 6.07) is 7.30. The lowest BCUT2D eigenvalue weighted by Crippen LogP contribution is -2.48. The van der Waals surface area contributed by atoms with Gasteiger partial charge in [0, 0.05) is 31.4 Å². The van der Waals surface area contributed by atoms with Gasteiger partial charge >= 0.3 is 0 Å². The third-order valence-corrected chi connectivity index (χ3v) is 3.21. The maximum absolute atomic E-state index is 12.0. The summed E-state index contributed by atoms with van der Waals surface area (Å²) in [5.41, 5.74) is 6.32. The van der Waals surface area contributed by atoms with Crippen molar-refractivity contribution in [1.82, 2.24) is 4.90 Å². The molecule has 1 aliphatic rings. The normalized spacial score (nSPS) is 19.6. The molecule has 1 aromatic rings. The van der Waals surface area contributed by atoms with Crippen LogP contribution in [0.3, 0.4) is 0 Å². The van der Waals surface area contributed by atoms with Crippen LogP contribution in [0.1, 0.15) is 0 Å². The van der Waals surface area contributed by atoms with Gasteiger partial charge < -0.3 is 20.5 Å². The second kappa shape index (κ2) is 7.23. The Morgan fingerprint density at radius 3 is 3.20 bits per heavy atom. The molecule has 1 atom stereocenters. The number of carbonyl (C=O) groups excluding carboxylic acids is 1. The van der Waals surface area contributed by atoms with Crippen LogP contribution < -0.4 is 15.8 Å². The number of carbonyl (C=O) groups is 1. The van der Waals surface area contributed by atoms with Crippen molar-refractivity contribution in [3.05, 3.63) is 24.3 Å². The fourth-order valence-corrected chi connectivity index (χ4v) is 2.17. The van der Waals surface area contributed by atoms with Crippen molar-refractivity contribution < 1.29 is 14.3 Å². The Bertz CT molecular complexity index is 453. The second-order valence-corrected chi connectivity index (χ2v) is 4.74. The van der Waals surface area contributed by atoms with E-state index in [4.69, 9.17) is 15.2 Å². The van der Waals surface area contributed by atoms with Gasteiger partial charge in [-0.3, -0.25) is 9.69 Å². The summed E-state index contributed by atoms with van der Waals surface area (Å²) < 4.78 is 10.6. The van der Waals surface area contributed by atoms with Crippen molar-refractivity contribution in [1.29, 1.82) is 0 Å². The van der Waals surface area contributed by atoms with E-state index in [1.54, 1.807) is 13.2 Å². The number of nitrogens with one attached hydrogen (secondary N) is 1. The first kappa shape index (κ1) is 14.8. The van der Waals surface area contributed by atoms with Crippen molar-refractivity contribution >= 4 is 11.6 Å². The number of morpholine rings is 1. The van der Waals surface area contributed by atoms with E-state index in [0.29, 0.717) is 26.2 Å². The van der Waals surface area contributed by atoms with Crippen LogP contribution in [0.4, 0.5) is 5.69 Å². The van der Waals surface area contributed by atoms with Gasteiger partial charge in [-0.1, -0.05) is 6.07 Å². The van der Waals surface area contributed by atoms with Gasteiger partial charge in [-0.05, 0) is 12.1 Å². The van der Waals surface area contributed by atoms with Crippen LogP contribution in [-0.4, -0.2) is 56.8 Å². The maximum Gasteiger partial charge on any atom is 0.238 e. The molecule has 1 saturated heterocycles. The molecule has 1 heterocycles. The van der Waals surface area contributed by atoms with Gasteiger partial charge in [0.05, 0.1) is 26.4 Å². The molecule has 0 bridgehead atoms. The number of nitrogens with two attached hydrogens (primary N) is 1. The van der Waals surface area contributed by atoms with Gasteiger partial charge in [-0.15, -0.1) is 0 Å². The van der Waals surface area contributed by atoms with Gasteiger partial charge in [0.25, 0.3) is 0 Å². The van der Waals surface area contributed by atoms with Crippen LogP contribution >= 0.6 is 0 Å². The zero-order chi connectivity index (χ0) is 14.4. The van der Waals surface area contributed by atoms with Crippen molar-refractivity contribution in [2.24, 2.45) is 5.73 Å². The lowest BCUT2D eigenvalue weighted by molar-refractivity contribution is -0.119. The lowest BCUT2D eigenvalue weighted by Gasteiger charge is -2.31. The Hall–Kier alpha value is -1.63. The molecule has 6 nitrogen and oxygen atoms in total. The van der Waals surface area contributed by atoms with Gasteiger partial charge in [0.1, 0.15) is 5.75 Å². The van der Waals surface area contributed by atoms with Crippen molar-refractivity contribution in [3.63, 3.8) is 0 Å². The van der Waals surface area contributed by atoms with Crippen molar-refractivity contribution in [2.75, 3.05) is 45.2 Å². The Kier molecular flexibility index (Phi) is 5.34. The van der Waals surface area contributed by atoms with E-state index in [0.717, 1.165) is 18.0 Å². The summed E-state index contributed by atoms with van der Waals surface area (Å²) >= 11 is 0. The zero-order valence-electron chi connectivity index (χ0n) is 11.7. The molecule has 3 N–H and O–H groups in total. The fraction of sp³-hybridized carbons (Fsp3) is 0.500. The lowest BCUT2D eigenvalue weighted by atomic mass is 10.2. The zero-order valence-corrected chi connectivity index (χ0v) is 11.7. The Labute approximate surface area is 118 Å². The number of methoxy groups -OCH3 is 1. The molecular formula is C14H21N3O3. The summed E-state index contributed by atoms with van der Waals surface area (Å²) in [4.78, 5) is 14.1. The molecule has 0 aromatic heterocycles. The van der Waals surface area contributed by atoms with Crippen LogP contribution in [0, 0.1) is 0 Å². The number of rotatable bonds is 5. The van der Waals surface area contributed by atoms with E-state index >= 15 is 0 Å². The Balaban J connectivity index is 1.85. The summed E-state index contributed by atoms with van der Waals surface area (Å²) in [6.45, 7) is 2.89. The number of benzene rings is 1. The molecule has 1 unspecified atom stereocenters. The number of ether oxygens (including phenoxy) is 2. The molecule has 1 aliphatic heterocycles. The molecular weight excluding hydrogens is 258 g/mol. The van der Waals surface area contributed by atoms with Crippen LogP contribution in [0.5, 0.6) is 5.75 Å². The molecule has 6 heteroatoms. The van der Waals surface area contributed by atoms with E-state index in [9.17, 15) is 4.79 Å². The van der Waals surface area contributed by atoms with Gasteiger partial charge in [0.15, 0.2) is 0 Å².